The summed E-state index contributed by atoms with van der Waals surface area (Å²) >= 11 is 13.9. The second-order valence-electron chi connectivity index (χ2n) is 5.77. The second kappa shape index (κ2) is 6.43. The summed E-state index contributed by atoms with van der Waals surface area (Å²) in [4.78, 5) is 18.3. The topological polar surface area (TPSA) is 50.5 Å². The number of nitrogens with zero attached hydrogens (tertiary/aromatic N) is 4. The number of carbonyl (C=O) groups is 1. The molecule has 0 radical (unpaired) electrons. The number of aromatic nitrogens is 2. The van der Waals surface area contributed by atoms with E-state index in [0.29, 0.717) is 39.4 Å². The fourth-order valence-corrected chi connectivity index (χ4v) is 3.91. The first-order valence-electron chi connectivity index (χ1n) is 7.62. The van der Waals surface area contributed by atoms with Gasteiger partial charge in [0.25, 0.3) is 0 Å². The van der Waals surface area contributed by atoms with Crippen LogP contribution in [0.1, 0.15) is 18.4 Å². The number of amidine groups is 1. The molecule has 2 heterocycles. The van der Waals surface area contributed by atoms with Crippen LogP contribution in [-0.2, 0) is 11.3 Å². The molecule has 0 unspecified atom stereocenters. The Morgan fingerprint density at radius 1 is 1.25 bits per heavy atom. The van der Waals surface area contributed by atoms with Crippen molar-refractivity contribution in [2.75, 3.05) is 5.75 Å². The summed E-state index contributed by atoms with van der Waals surface area (Å²) < 4.78 is 1.71. The molecule has 2 aromatic rings. The average Bonchev–Trinajstić information content (AvgIpc) is 3.24. The molecule has 1 aliphatic carbocycles. The molecular formula is C16H14Cl2N4OS. The van der Waals surface area contributed by atoms with E-state index in [4.69, 9.17) is 23.2 Å². The van der Waals surface area contributed by atoms with E-state index in [1.165, 1.54) is 11.8 Å². The Hall–Kier alpha value is -1.50. The summed E-state index contributed by atoms with van der Waals surface area (Å²) in [6.07, 6.45) is 3.81. The first-order chi connectivity index (χ1) is 11.6. The molecule has 124 valence electrons. The van der Waals surface area contributed by atoms with Crippen LogP contribution in [0.2, 0.25) is 10.0 Å². The number of hydrogen-bond donors (Lipinski definition) is 0. The van der Waals surface area contributed by atoms with Crippen LogP contribution in [0.5, 0.6) is 0 Å². The summed E-state index contributed by atoms with van der Waals surface area (Å²) in [6, 6.07) is 7.92. The molecule has 1 saturated heterocycles. The Balaban J connectivity index is 1.59. The molecule has 4 rings (SSSR count). The van der Waals surface area contributed by atoms with Gasteiger partial charge in [-0.3, -0.25) is 14.4 Å². The van der Waals surface area contributed by atoms with Crippen LogP contribution in [0.4, 0.5) is 5.82 Å². The van der Waals surface area contributed by atoms with Crippen molar-refractivity contribution in [3.05, 3.63) is 46.1 Å². The van der Waals surface area contributed by atoms with Crippen LogP contribution >= 0.6 is 35.0 Å². The van der Waals surface area contributed by atoms with Gasteiger partial charge in [0.2, 0.25) is 5.91 Å². The number of aliphatic imine (C=N–C) groups is 1. The van der Waals surface area contributed by atoms with Crippen LogP contribution in [0, 0.1) is 0 Å². The van der Waals surface area contributed by atoms with E-state index in [9.17, 15) is 4.79 Å². The lowest BCUT2D eigenvalue weighted by Crippen LogP contribution is -2.31. The molecule has 0 bridgehead atoms. The van der Waals surface area contributed by atoms with E-state index in [0.717, 1.165) is 18.4 Å². The number of benzene rings is 1. The van der Waals surface area contributed by atoms with Crippen LogP contribution in [-0.4, -0.2) is 37.5 Å². The minimum absolute atomic E-state index is 0.118. The third kappa shape index (κ3) is 3.18. The summed E-state index contributed by atoms with van der Waals surface area (Å²) in [5.41, 5.74) is 0.961. The van der Waals surface area contributed by atoms with E-state index in [1.807, 2.05) is 24.3 Å². The number of rotatable bonds is 4. The molecule has 1 saturated carbocycles. The van der Waals surface area contributed by atoms with Crippen molar-refractivity contribution >= 4 is 51.9 Å². The molecular weight excluding hydrogens is 367 g/mol. The van der Waals surface area contributed by atoms with E-state index in [2.05, 4.69) is 10.1 Å². The largest absolute Gasteiger partial charge is 0.287 e. The molecule has 1 amide bonds. The number of amides is 1. The minimum Gasteiger partial charge on any atom is -0.287 e. The van der Waals surface area contributed by atoms with Gasteiger partial charge in [0.05, 0.1) is 12.3 Å². The minimum atomic E-state index is 0.118. The predicted octanol–water partition coefficient (Wildman–Crippen LogP) is 3.96. The number of hydrogen-bond acceptors (Lipinski definition) is 4. The molecule has 2 aliphatic rings. The highest BCUT2D eigenvalue weighted by Crippen LogP contribution is 2.35. The maximum atomic E-state index is 12.0. The quantitative estimate of drug-likeness (QED) is 0.806. The maximum Gasteiger partial charge on any atom is 0.239 e. The molecule has 1 aromatic carbocycles. The lowest BCUT2D eigenvalue weighted by Gasteiger charge is -2.13. The summed E-state index contributed by atoms with van der Waals surface area (Å²) in [5.74, 6) is 0.993. The van der Waals surface area contributed by atoms with Crippen molar-refractivity contribution in [3.8, 4) is 0 Å². The molecule has 8 heteroatoms. The van der Waals surface area contributed by atoms with Gasteiger partial charge in [0.1, 0.15) is 5.02 Å². The van der Waals surface area contributed by atoms with Gasteiger partial charge < -0.3 is 0 Å². The zero-order valence-electron chi connectivity index (χ0n) is 12.7. The van der Waals surface area contributed by atoms with Crippen LogP contribution in [0.3, 0.4) is 0 Å². The lowest BCUT2D eigenvalue weighted by atomic mass is 10.2. The Morgan fingerprint density at radius 3 is 2.79 bits per heavy atom. The molecule has 5 nitrogen and oxygen atoms in total. The summed E-state index contributed by atoms with van der Waals surface area (Å²) in [7, 11) is 0. The SMILES string of the molecule is O=C1CSC(=Nc2nn(Cc3ccccc3Cl)cc2Cl)N1C1CC1. The molecule has 0 N–H and O–H groups in total. The standard InChI is InChI=1S/C16H14Cl2N4OS/c17-12-4-2-1-3-10(12)7-21-8-13(18)15(20-21)19-16-22(11-5-6-11)14(23)9-24-16/h1-4,8,11H,5-7,9H2. The molecule has 24 heavy (non-hydrogen) atoms. The zero-order chi connectivity index (χ0) is 16.7. The van der Waals surface area contributed by atoms with Gasteiger partial charge in [0.15, 0.2) is 11.0 Å². The molecule has 0 atom stereocenters. The van der Waals surface area contributed by atoms with Gasteiger partial charge in [-0.2, -0.15) is 5.10 Å². The normalized spacial score (nSPS) is 19.5. The van der Waals surface area contributed by atoms with Crippen molar-refractivity contribution in [2.45, 2.75) is 25.4 Å². The first kappa shape index (κ1) is 16.0. The van der Waals surface area contributed by atoms with Crippen molar-refractivity contribution in [1.29, 1.82) is 0 Å². The number of halogens is 2. The van der Waals surface area contributed by atoms with E-state index < -0.39 is 0 Å². The number of carbonyl (C=O) groups excluding carboxylic acids is 1. The van der Waals surface area contributed by atoms with Gasteiger partial charge in [-0.05, 0) is 24.5 Å². The van der Waals surface area contributed by atoms with Crippen molar-refractivity contribution in [1.82, 2.24) is 14.7 Å². The number of thioether (sulfide) groups is 1. The summed E-state index contributed by atoms with van der Waals surface area (Å²) in [6.45, 7) is 0.517. The molecule has 1 aromatic heterocycles. The van der Waals surface area contributed by atoms with Crippen LogP contribution in [0.25, 0.3) is 0 Å². The fraction of sp³-hybridized carbons (Fsp3) is 0.312. The van der Waals surface area contributed by atoms with Crippen molar-refractivity contribution in [2.24, 2.45) is 4.99 Å². The van der Waals surface area contributed by atoms with E-state index in [1.54, 1.807) is 15.8 Å². The summed E-state index contributed by atoms with van der Waals surface area (Å²) in [5, 5.41) is 6.29. The van der Waals surface area contributed by atoms with E-state index >= 15 is 0 Å². The predicted molar refractivity (Wildman–Crippen MR) is 97.2 cm³/mol. The highest BCUT2D eigenvalue weighted by atomic mass is 35.5. The fourth-order valence-electron chi connectivity index (χ4n) is 2.59. The Bertz CT molecular complexity index is 831. The van der Waals surface area contributed by atoms with Gasteiger partial charge in [-0.1, -0.05) is 53.2 Å². The maximum absolute atomic E-state index is 12.0. The van der Waals surface area contributed by atoms with Crippen molar-refractivity contribution < 1.29 is 4.79 Å². The Morgan fingerprint density at radius 2 is 2.04 bits per heavy atom. The third-order valence-corrected chi connectivity index (χ3v) is 5.48. The second-order valence-corrected chi connectivity index (χ2v) is 7.52. The lowest BCUT2D eigenvalue weighted by molar-refractivity contribution is -0.124. The molecule has 2 fully saturated rings. The Kier molecular flexibility index (Phi) is 4.28. The average molecular weight is 381 g/mol. The highest BCUT2D eigenvalue weighted by molar-refractivity contribution is 8.15. The zero-order valence-corrected chi connectivity index (χ0v) is 15.0. The monoisotopic (exact) mass is 380 g/mol. The van der Waals surface area contributed by atoms with Gasteiger partial charge in [-0.25, -0.2) is 4.99 Å². The van der Waals surface area contributed by atoms with Gasteiger partial charge in [0, 0.05) is 17.3 Å². The molecule has 0 spiro atoms. The smallest absolute Gasteiger partial charge is 0.239 e. The van der Waals surface area contributed by atoms with Gasteiger partial charge >= 0.3 is 0 Å². The van der Waals surface area contributed by atoms with Gasteiger partial charge in [-0.15, -0.1) is 0 Å². The van der Waals surface area contributed by atoms with Crippen LogP contribution in [0.15, 0.2) is 35.5 Å². The third-order valence-electron chi connectivity index (χ3n) is 3.90. The molecule has 1 aliphatic heterocycles. The van der Waals surface area contributed by atoms with Crippen LogP contribution < -0.4 is 0 Å². The first-order valence-corrected chi connectivity index (χ1v) is 9.36. The highest BCUT2D eigenvalue weighted by Gasteiger charge is 2.40. The van der Waals surface area contributed by atoms with Crippen molar-refractivity contribution in [3.63, 3.8) is 0 Å². The van der Waals surface area contributed by atoms with E-state index in [-0.39, 0.29) is 5.91 Å². The Labute approximate surface area is 153 Å².